The highest BCUT2D eigenvalue weighted by Crippen LogP contribution is 2.18. The lowest BCUT2D eigenvalue weighted by Gasteiger charge is -2.17. The van der Waals surface area contributed by atoms with Gasteiger partial charge in [-0.1, -0.05) is 0 Å². The number of nitrogen functional groups attached to an aromatic ring is 2. The van der Waals surface area contributed by atoms with Crippen LogP contribution in [0.25, 0.3) is 0 Å². The number of nitrogens with one attached hydrogen (secondary N) is 1. The first-order valence-electron chi connectivity index (χ1n) is 6.18. The van der Waals surface area contributed by atoms with Crippen LogP contribution in [-0.4, -0.2) is 35.8 Å². The standard InChI is InChI=1S/C13H18N4O2/c1-8(18)16-12-2-3-17(7-12)13(19)9-4-10(14)6-11(15)5-9/h4-6,12H,2-3,7,14-15H2,1H3,(H,16,18). The second-order valence-corrected chi connectivity index (χ2v) is 4.83. The average Bonchev–Trinajstić information content (AvgIpc) is 2.74. The minimum atomic E-state index is -0.105. The van der Waals surface area contributed by atoms with Crippen molar-refractivity contribution in [2.24, 2.45) is 0 Å². The topological polar surface area (TPSA) is 101 Å². The predicted octanol–water partition coefficient (Wildman–Crippen LogP) is 0.202. The maximum atomic E-state index is 12.3. The van der Waals surface area contributed by atoms with Crippen molar-refractivity contribution in [3.63, 3.8) is 0 Å². The number of carbonyl (C=O) groups is 2. The van der Waals surface area contributed by atoms with Crippen LogP contribution in [0, 0.1) is 0 Å². The molecule has 1 unspecified atom stereocenters. The van der Waals surface area contributed by atoms with Gasteiger partial charge < -0.3 is 21.7 Å². The Labute approximate surface area is 111 Å². The molecule has 0 spiro atoms. The Morgan fingerprint density at radius 3 is 2.47 bits per heavy atom. The normalized spacial score (nSPS) is 18.4. The van der Waals surface area contributed by atoms with E-state index in [4.69, 9.17) is 11.5 Å². The number of nitrogens with zero attached hydrogens (tertiary/aromatic N) is 1. The summed E-state index contributed by atoms with van der Waals surface area (Å²) in [7, 11) is 0. The van der Waals surface area contributed by atoms with Crippen LogP contribution in [0.4, 0.5) is 11.4 Å². The van der Waals surface area contributed by atoms with Crippen molar-refractivity contribution in [2.45, 2.75) is 19.4 Å². The van der Waals surface area contributed by atoms with Gasteiger partial charge in [-0.15, -0.1) is 0 Å². The number of amides is 2. The van der Waals surface area contributed by atoms with Crippen molar-refractivity contribution < 1.29 is 9.59 Å². The molecule has 0 radical (unpaired) electrons. The molecular weight excluding hydrogens is 244 g/mol. The summed E-state index contributed by atoms with van der Waals surface area (Å²) in [6.07, 6.45) is 0.767. The van der Waals surface area contributed by atoms with Gasteiger partial charge in [-0.2, -0.15) is 0 Å². The van der Waals surface area contributed by atoms with Gasteiger partial charge in [-0.25, -0.2) is 0 Å². The fraction of sp³-hybridized carbons (Fsp3) is 0.385. The molecule has 2 amide bonds. The van der Waals surface area contributed by atoms with Crippen molar-refractivity contribution in [3.8, 4) is 0 Å². The lowest BCUT2D eigenvalue weighted by molar-refractivity contribution is -0.119. The molecule has 6 nitrogen and oxygen atoms in total. The van der Waals surface area contributed by atoms with E-state index in [1.165, 1.54) is 6.92 Å². The monoisotopic (exact) mass is 262 g/mol. The van der Waals surface area contributed by atoms with Crippen molar-refractivity contribution >= 4 is 23.2 Å². The molecule has 1 aromatic carbocycles. The largest absolute Gasteiger partial charge is 0.399 e. The molecule has 0 saturated carbocycles. The number of rotatable bonds is 2. The summed E-state index contributed by atoms with van der Waals surface area (Å²) in [5.41, 5.74) is 12.8. The number of hydrogen-bond acceptors (Lipinski definition) is 4. The number of likely N-dealkylation sites (tertiary alicyclic amines) is 1. The highest BCUT2D eigenvalue weighted by atomic mass is 16.2. The molecule has 1 atom stereocenters. The van der Waals surface area contributed by atoms with Gasteiger partial charge in [-0.05, 0) is 24.6 Å². The summed E-state index contributed by atoms with van der Waals surface area (Å²) >= 11 is 0. The molecule has 6 heteroatoms. The molecule has 102 valence electrons. The molecule has 1 saturated heterocycles. The number of anilines is 2. The summed E-state index contributed by atoms with van der Waals surface area (Å²) in [5, 5.41) is 2.82. The SMILES string of the molecule is CC(=O)NC1CCN(C(=O)c2cc(N)cc(N)c2)C1. The highest BCUT2D eigenvalue weighted by Gasteiger charge is 2.27. The summed E-state index contributed by atoms with van der Waals surface area (Å²) in [6.45, 7) is 2.62. The van der Waals surface area contributed by atoms with Crippen LogP contribution in [-0.2, 0) is 4.79 Å². The maximum absolute atomic E-state index is 12.3. The second-order valence-electron chi connectivity index (χ2n) is 4.83. The van der Waals surface area contributed by atoms with Gasteiger partial charge in [-0.3, -0.25) is 9.59 Å². The maximum Gasteiger partial charge on any atom is 0.254 e. The van der Waals surface area contributed by atoms with Crippen LogP contribution < -0.4 is 16.8 Å². The van der Waals surface area contributed by atoms with E-state index < -0.39 is 0 Å². The van der Waals surface area contributed by atoms with Crippen LogP contribution in [0.2, 0.25) is 0 Å². The Morgan fingerprint density at radius 2 is 1.89 bits per heavy atom. The van der Waals surface area contributed by atoms with Gasteiger partial charge >= 0.3 is 0 Å². The summed E-state index contributed by atoms with van der Waals surface area (Å²) < 4.78 is 0. The Balaban J connectivity index is 2.06. The van der Waals surface area contributed by atoms with Crippen molar-refractivity contribution in [1.29, 1.82) is 0 Å². The molecule has 1 aliphatic heterocycles. The molecule has 0 aromatic heterocycles. The van der Waals surface area contributed by atoms with Crippen LogP contribution in [0.1, 0.15) is 23.7 Å². The van der Waals surface area contributed by atoms with E-state index in [1.807, 2.05) is 0 Å². The number of benzene rings is 1. The van der Waals surface area contributed by atoms with E-state index >= 15 is 0 Å². The Hall–Kier alpha value is -2.24. The first-order chi connectivity index (χ1) is 8.95. The second kappa shape index (κ2) is 5.17. The fourth-order valence-electron chi connectivity index (χ4n) is 2.33. The smallest absolute Gasteiger partial charge is 0.254 e. The van der Waals surface area contributed by atoms with E-state index in [1.54, 1.807) is 23.1 Å². The molecule has 1 fully saturated rings. The summed E-state index contributed by atoms with van der Waals surface area (Å²) in [5.74, 6) is -0.181. The molecule has 19 heavy (non-hydrogen) atoms. The molecule has 0 aliphatic carbocycles. The zero-order chi connectivity index (χ0) is 14.0. The zero-order valence-electron chi connectivity index (χ0n) is 10.8. The first kappa shape index (κ1) is 13.2. The Kier molecular flexibility index (Phi) is 3.59. The zero-order valence-corrected chi connectivity index (χ0v) is 10.8. The summed E-state index contributed by atoms with van der Waals surface area (Å²) in [4.78, 5) is 25.0. The van der Waals surface area contributed by atoms with E-state index in [9.17, 15) is 9.59 Å². The Bertz CT molecular complexity index is 495. The number of nitrogens with two attached hydrogens (primary N) is 2. The van der Waals surface area contributed by atoms with Gasteiger partial charge in [0.1, 0.15) is 0 Å². The molecule has 1 aromatic rings. The molecule has 0 bridgehead atoms. The number of carbonyl (C=O) groups excluding carboxylic acids is 2. The van der Waals surface area contributed by atoms with E-state index in [0.717, 1.165) is 6.42 Å². The van der Waals surface area contributed by atoms with Gasteiger partial charge in [0.25, 0.3) is 5.91 Å². The van der Waals surface area contributed by atoms with E-state index in [-0.39, 0.29) is 17.9 Å². The van der Waals surface area contributed by atoms with Gasteiger partial charge in [0, 0.05) is 43.0 Å². The van der Waals surface area contributed by atoms with Crippen molar-refractivity contribution in [3.05, 3.63) is 23.8 Å². The van der Waals surface area contributed by atoms with Gasteiger partial charge in [0.2, 0.25) is 5.91 Å². The lowest BCUT2D eigenvalue weighted by atomic mass is 10.1. The Morgan fingerprint density at radius 1 is 1.26 bits per heavy atom. The van der Waals surface area contributed by atoms with Crippen LogP contribution in [0.5, 0.6) is 0 Å². The molecule has 1 aliphatic rings. The van der Waals surface area contributed by atoms with Crippen LogP contribution in [0.15, 0.2) is 18.2 Å². The number of hydrogen-bond donors (Lipinski definition) is 3. The van der Waals surface area contributed by atoms with Gasteiger partial charge in [0.15, 0.2) is 0 Å². The van der Waals surface area contributed by atoms with E-state index in [0.29, 0.717) is 30.0 Å². The van der Waals surface area contributed by atoms with Crippen LogP contribution >= 0.6 is 0 Å². The summed E-state index contributed by atoms with van der Waals surface area (Å²) in [6, 6.07) is 4.87. The molecule has 2 rings (SSSR count). The molecular formula is C13H18N4O2. The van der Waals surface area contributed by atoms with E-state index in [2.05, 4.69) is 5.32 Å². The van der Waals surface area contributed by atoms with Gasteiger partial charge in [0.05, 0.1) is 0 Å². The first-order valence-corrected chi connectivity index (χ1v) is 6.18. The predicted molar refractivity (Wildman–Crippen MR) is 73.4 cm³/mol. The lowest BCUT2D eigenvalue weighted by Crippen LogP contribution is -2.37. The van der Waals surface area contributed by atoms with Crippen LogP contribution in [0.3, 0.4) is 0 Å². The highest BCUT2D eigenvalue weighted by molar-refractivity contribution is 5.96. The third-order valence-electron chi connectivity index (χ3n) is 3.11. The minimum Gasteiger partial charge on any atom is -0.399 e. The fourth-order valence-corrected chi connectivity index (χ4v) is 2.33. The average molecular weight is 262 g/mol. The quantitative estimate of drug-likeness (QED) is 0.663. The molecule has 1 heterocycles. The minimum absolute atomic E-state index is 0.0276. The molecule has 5 N–H and O–H groups in total. The van der Waals surface area contributed by atoms with Crippen molar-refractivity contribution in [1.82, 2.24) is 10.2 Å². The third kappa shape index (κ3) is 3.15. The van der Waals surface area contributed by atoms with Crippen molar-refractivity contribution in [2.75, 3.05) is 24.6 Å². The third-order valence-corrected chi connectivity index (χ3v) is 3.11.